The Morgan fingerprint density at radius 1 is 1.29 bits per heavy atom. The standard InChI is InChI=1S/C23H27BrN2O2/c1-16-5-6-19(21(24)12-16)14-26(15-20-4-3-11-28-20)23(27)18-8-7-17-9-10-25(2)22(17)13-18/h5-8,12-13,20H,3-4,9-11,14-15H2,1-2H3. The molecule has 5 heteroatoms. The van der Waals surface area contributed by atoms with Gasteiger partial charge in [-0.05, 0) is 61.1 Å². The van der Waals surface area contributed by atoms with Crippen molar-refractivity contribution in [1.82, 2.24) is 4.90 Å². The van der Waals surface area contributed by atoms with E-state index in [4.69, 9.17) is 4.74 Å². The molecule has 0 saturated carbocycles. The topological polar surface area (TPSA) is 32.8 Å². The van der Waals surface area contributed by atoms with E-state index in [9.17, 15) is 4.79 Å². The SMILES string of the molecule is Cc1ccc(CN(CC2CCCO2)C(=O)c2ccc3c(c2)N(C)CC3)c(Br)c1. The number of fused-ring (bicyclic) bond motifs is 1. The van der Waals surface area contributed by atoms with Gasteiger partial charge in [0.25, 0.3) is 5.91 Å². The van der Waals surface area contributed by atoms with Gasteiger partial charge in [-0.25, -0.2) is 0 Å². The number of hydrogen-bond acceptors (Lipinski definition) is 3. The molecule has 0 radical (unpaired) electrons. The number of nitrogens with zero attached hydrogens (tertiary/aromatic N) is 2. The molecule has 4 rings (SSSR count). The first-order valence-electron chi connectivity index (χ1n) is 10.0. The highest BCUT2D eigenvalue weighted by molar-refractivity contribution is 9.10. The van der Waals surface area contributed by atoms with Crippen LogP contribution < -0.4 is 4.90 Å². The largest absolute Gasteiger partial charge is 0.376 e. The van der Waals surface area contributed by atoms with Gasteiger partial charge in [-0.15, -0.1) is 0 Å². The van der Waals surface area contributed by atoms with Crippen molar-refractivity contribution in [1.29, 1.82) is 0 Å². The van der Waals surface area contributed by atoms with Crippen LogP contribution in [0.5, 0.6) is 0 Å². The van der Waals surface area contributed by atoms with Crippen LogP contribution in [0, 0.1) is 6.92 Å². The van der Waals surface area contributed by atoms with Gasteiger partial charge >= 0.3 is 0 Å². The summed E-state index contributed by atoms with van der Waals surface area (Å²) in [7, 11) is 2.09. The van der Waals surface area contributed by atoms with Gasteiger partial charge in [0.1, 0.15) is 0 Å². The second-order valence-electron chi connectivity index (χ2n) is 7.93. The summed E-state index contributed by atoms with van der Waals surface area (Å²) in [5.41, 5.74) is 5.59. The van der Waals surface area contributed by atoms with Crippen molar-refractivity contribution in [2.24, 2.45) is 0 Å². The lowest BCUT2D eigenvalue weighted by Gasteiger charge is -2.27. The Morgan fingerprint density at radius 3 is 2.89 bits per heavy atom. The Bertz CT molecular complexity index is 877. The third-order valence-corrected chi connectivity index (χ3v) is 6.50. The number of amides is 1. The Morgan fingerprint density at radius 2 is 2.14 bits per heavy atom. The third-order valence-electron chi connectivity index (χ3n) is 5.77. The molecule has 2 aliphatic rings. The van der Waals surface area contributed by atoms with E-state index < -0.39 is 0 Å². The van der Waals surface area contributed by atoms with Gasteiger partial charge in [-0.3, -0.25) is 4.79 Å². The fraction of sp³-hybridized carbons (Fsp3) is 0.435. The Hall–Kier alpha value is -1.85. The summed E-state index contributed by atoms with van der Waals surface area (Å²) in [5.74, 6) is 0.0751. The molecular weight excluding hydrogens is 416 g/mol. The molecule has 1 unspecified atom stereocenters. The van der Waals surface area contributed by atoms with Crippen LogP contribution in [-0.4, -0.2) is 43.7 Å². The molecule has 1 fully saturated rings. The van der Waals surface area contributed by atoms with Crippen molar-refractivity contribution < 1.29 is 9.53 Å². The van der Waals surface area contributed by atoms with Crippen LogP contribution in [0.2, 0.25) is 0 Å². The molecule has 148 valence electrons. The number of rotatable bonds is 5. The van der Waals surface area contributed by atoms with E-state index in [-0.39, 0.29) is 12.0 Å². The highest BCUT2D eigenvalue weighted by Crippen LogP contribution is 2.29. The summed E-state index contributed by atoms with van der Waals surface area (Å²) in [6.07, 6.45) is 3.28. The summed E-state index contributed by atoms with van der Waals surface area (Å²) in [4.78, 5) is 17.6. The quantitative estimate of drug-likeness (QED) is 0.679. The number of benzene rings is 2. The summed E-state index contributed by atoms with van der Waals surface area (Å²) in [6.45, 7) is 5.09. The number of hydrogen-bond donors (Lipinski definition) is 0. The second kappa shape index (κ2) is 8.26. The van der Waals surface area contributed by atoms with Crippen LogP contribution in [0.25, 0.3) is 0 Å². The van der Waals surface area contributed by atoms with Crippen LogP contribution in [0.1, 0.15) is 39.9 Å². The molecule has 4 nitrogen and oxygen atoms in total. The number of carbonyl (C=O) groups is 1. The number of carbonyl (C=O) groups excluding carboxylic acids is 1. The molecule has 0 aromatic heterocycles. The molecule has 1 amide bonds. The monoisotopic (exact) mass is 442 g/mol. The minimum Gasteiger partial charge on any atom is -0.376 e. The zero-order chi connectivity index (χ0) is 19.7. The predicted molar refractivity (Wildman–Crippen MR) is 116 cm³/mol. The third kappa shape index (κ3) is 4.11. The van der Waals surface area contributed by atoms with Gasteiger partial charge in [-0.1, -0.05) is 34.1 Å². The molecule has 28 heavy (non-hydrogen) atoms. The lowest BCUT2D eigenvalue weighted by molar-refractivity contribution is 0.0507. The second-order valence-corrected chi connectivity index (χ2v) is 8.78. The van der Waals surface area contributed by atoms with E-state index >= 15 is 0 Å². The first kappa shape index (κ1) is 19.5. The Labute approximate surface area is 175 Å². The number of ether oxygens (including phenoxy) is 1. The van der Waals surface area contributed by atoms with Gasteiger partial charge in [-0.2, -0.15) is 0 Å². The van der Waals surface area contributed by atoms with E-state index in [0.717, 1.165) is 48.0 Å². The number of anilines is 1. The van der Waals surface area contributed by atoms with E-state index in [2.05, 4.69) is 65.1 Å². The lowest BCUT2D eigenvalue weighted by atomic mass is 10.1. The number of aryl methyl sites for hydroxylation is 1. The van der Waals surface area contributed by atoms with Crippen LogP contribution in [0.3, 0.4) is 0 Å². The van der Waals surface area contributed by atoms with Gasteiger partial charge in [0.2, 0.25) is 0 Å². The van der Waals surface area contributed by atoms with Crippen molar-refractivity contribution in [3.05, 3.63) is 63.1 Å². The van der Waals surface area contributed by atoms with E-state index in [1.807, 2.05) is 11.0 Å². The molecule has 2 aliphatic heterocycles. The normalized spacial score (nSPS) is 18.4. The first-order valence-corrected chi connectivity index (χ1v) is 10.8. The Balaban J connectivity index is 1.60. The van der Waals surface area contributed by atoms with Crippen LogP contribution in [0.15, 0.2) is 40.9 Å². The molecule has 0 N–H and O–H groups in total. The maximum Gasteiger partial charge on any atom is 0.254 e. The fourth-order valence-electron chi connectivity index (χ4n) is 4.09. The van der Waals surface area contributed by atoms with Crippen molar-refractivity contribution in [3.63, 3.8) is 0 Å². The average molecular weight is 443 g/mol. The maximum atomic E-state index is 13.5. The zero-order valence-electron chi connectivity index (χ0n) is 16.6. The van der Waals surface area contributed by atoms with Crippen LogP contribution >= 0.6 is 15.9 Å². The molecule has 2 aromatic carbocycles. The molecule has 0 spiro atoms. The van der Waals surface area contributed by atoms with E-state index in [1.54, 1.807) is 0 Å². The molecule has 0 bridgehead atoms. The molecule has 2 aromatic rings. The van der Waals surface area contributed by atoms with Gasteiger partial charge in [0, 0.05) is 49.0 Å². The van der Waals surface area contributed by atoms with Crippen molar-refractivity contribution in [3.8, 4) is 0 Å². The number of likely N-dealkylation sites (N-methyl/N-ethyl adjacent to an activating group) is 1. The average Bonchev–Trinajstić information content (AvgIpc) is 3.32. The predicted octanol–water partition coefficient (Wildman–Crippen LogP) is 4.57. The molecule has 0 aliphatic carbocycles. The van der Waals surface area contributed by atoms with Gasteiger partial charge < -0.3 is 14.5 Å². The minimum absolute atomic E-state index is 0.0751. The minimum atomic E-state index is 0.0751. The smallest absolute Gasteiger partial charge is 0.254 e. The van der Waals surface area contributed by atoms with Crippen LogP contribution in [-0.2, 0) is 17.7 Å². The maximum absolute atomic E-state index is 13.5. The summed E-state index contributed by atoms with van der Waals surface area (Å²) in [6, 6.07) is 12.4. The first-order chi connectivity index (χ1) is 13.5. The highest BCUT2D eigenvalue weighted by atomic mass is 79.9. The summed E-state index contributed by atoms with van der Waals surface area (Å²) < 4.78 is 6.88. The fourth-order valence-corrected chi connectivity index (χ4v) is 4.71. The van der Waals surface area contributed by atoms with E-state index in [1.165, 1.54) is 16.8 Å². The van der Waals surface area contributed by atoms with Gasteiger partial charge in [0.05, 0.1) is 6.10 Å². The molecular formula is C23H27BrN2O2. The molecule has 1 saturated heterocycles. The lowest BCUT2D eigenvalue weighted by Crippen LogP contribution is -2.37. The Kier molecular flexibility index (Phi) is 5.74. The molecule has 2 heterocycles. The van der Waals surface area contributed by atoms with E-state index in [0.29, 0.717) is 13.1 Å². The summed E-state index contributed by atoms with van der Waals surface area (Å²) >= 11 is 3.67. The van der Waals surface area contributed by atoms with Gasteiger partial charge in [0.15, 0.2) is 0 Å². The number of halogens is 1. The zero-order valence-corrected chi connectivity index (χ0v) is 18.2. The highest BCUT2D eigenvalue weighted by Gasteiger charge is 2.26. The van der Waals surface area contributed by atoms with Crippen molar-refractivity contribution in [2.45, 2.75) is 38.8 Å². The summed E-state index contributed by atoms with van der Waals surface area (Å²) in [5, 5.41) is 0. The molecule has 1 atom stereocenters. The van der Waals surface area contributed by atoms with Crippen LogP contribution in [0.4, 0.5) is 5.69 Å². The van der Waals surface area contributed by atoms with Crippen molar-refractivity contribution in [2.75, 3.05) is 31.6 Å². The van der Waals surface area contributed by atoms with Crippen molar-refractivity contribution >= 4 is 27.5 Å².